The van der Waals surface area contributed by atoms with Gasteiger partial charge >= 0.3 is 5.97 Å². The van der Waals surface area contributed by atoms with Gasteiger partial charge in [-0.05, 0) is 78.6 Å². The highest BCUT2D eigenvalue weighted by Gasteiger charge is 2.13. The number of nitrogens with one attached hydrogen (secondary N) is 1. The van der Waals surface area contributed by atoms with E-state index in [-0.39, 0.29) is 12.2 Å². The minimum absolute atomic E-state index is 0.0315. The lowest BCUT2D eigenvalue weighted by Crippen LogP contribution is -2.14. The second kappa shape index (κ2) is 11.6. The number of benzene rings is 3. The third kappa shape index (κ3) is 6.64. The van der Waals surface area contributed by atoms with Crippen molar-refractivity contribution in [1.29, 1.82) is 5.26 Å². The van der Waals surface area contributed by atoms with Crippen LogP contribution in [0, 0.1) is 11.3 Å². The number of carbonyl (C=O) groups excluding carboxylic acids is 2. The van der Waals surface area contributed by atoms with E-state index < -0.39 is 11.9 Å². The predicted octanol–water partition coefficient (Wildman–Crippen LogP) is 6.52. The van der Waals surface area contributed by atoms with Crippen molar-refractivity contribution >= 4 is 55.5 Å². The van der Waals surface area contributed by atoms with Gasteiger partial charge in [0.15, 0.2) is 0 Å². The van der Waals surface area contributed by atoms with Crippen molar-refractivity contribution in [3.8, 4) is 6.07 Å². The molecule has 3 aromatic rings. The van der Waals surface area contributed by atoms with Crippen LogP contribution in [0.5, 0.6) is 0 Å². The summed E-state index contributed by atoms with van der Waals surface area (Å²) in [4.78, 5) is 24.5. The van der Waals surface area contributed by atoms with Gasteiger partial charge in [0, 0.05) is 14.6 Å². The number of nitriles is 1. The highest BCUT2D eigenvalue weighted by molar-refractivity contribution is 9.10. The lowest BCUT2D eigenvalue weighted by atomic mass is 9.98. The molecule has 0 saturated carbocycles. The Morgan fingerprint density at radius 1 is 1.03 bits per heavy atom. The zero-order chi connectivity index (χ0) is 23.8. The van der Waals surface area contributed by atoms with Gasteiger partial charge in [-0.3, -0.25) is 4.79 Å². The second-order valence-corrected chi connectivity index (χ2v) is 8.80. The minimum atomic E-state index is -0.534. The van der Waals surface area contributed by atoms with Crippen LogP contribution in [-0.4, -0.2) is 18.5 Å². The van der Waals surface area contributed by atoms with Gasteiger partial charge in [0.25, 0.3) is 5.91 Å². The van der Waals surface area contributed by atoms with E-state index in [0.717, 1.165) is 25.6 Å². The van der Waals surface area contributed by atoms with Gasteiger partial charge in [0.05, 0.1) is 12.2 Å². The smallest absolute Gasteiger partial charge is 0.338 e. The lowest BCUT2D eigenvalue weighted by Gasteiger charge is -2.10. The summed E-state index contributed by atoms with van der Waals surface area (Å²) in [6, 6.07) is 22.0. The van der Waals surface area contributed by atoms with Crippen LogP contribution >= 0.6 is 31.9 Å². The van der Waals surface area contributed by atoms with Crippen LogP contribution in [0.25, 0.3) is 6.08 Å². The molecule has 3 aromatic carbocycles. The van der Waals surface area contributed by atoms with E-state index in [4.69, 9.17) is 4.74 Å². The summed E-state index contributed by atoms with van der Waals surface area (Å²) in [6.45, 7) is 2.02. The lowest BCUT2D eigenvalue weighted by molar-refractivity contribution is -0.112. The van der Waals surface area contributed by atoms with Gasteiger partial charge < -0.3 is 10.1 Å². The van der Waals surface area contributed by atoms with Crippen molar-refractivity contribution in [2.75, 3.05) is 11.9 Å². The first-order valence-electron chi connectivity index (χ1n) is 10.1. The number of hydrogen-bond donors (Lipinski definition) is 1. The standard InChI is InChI=1S/C26H20Br2N2O3/c1-2-33-26(32)17-8-11-23(12-9-17)30-25(31)21(16-29)14-20-15-22(27)10-7-18(20)13-19-5-3-4-6-24(19)28/h3-12,14-15H,2,13H2,1H3,(H,30,31)/b21-14+. The Bertz CT molecular complexity index is 1250. The first-order chi connectivity index (χ1) is 15.9. The molecule has 0 spiro atoms. The summed E-state index contributed by atoms with van der Waals surface area (Å²) in [6.07, 6.45) is 2.22. The number of halogens is 2. The Morgan fingerprint density at radius 3 is 2.42 bits per heavy atom. The summed E-state index contributed by atoms with van der Waals surface area (Å²) in [5.74, 6) is -0.964. The molecule has 0 aromatic heterocycles. The molecule has 0 atom stereocenters. The third-order valence-electron chi connectivity index (χ3n) is 4.77. The van der Waals surface area contributed by atoms with Gasteiger partial charge in [-0.1, -0.05) is 56.1 Å². The molecule has 0 aliphatic carbocycles. The molecular formula is C26H20Br2N2O3. The number of hydrogen-bond acceptors (Lipinski definition) is 4. The molecule has 0 aliphatic rings. The fourth-order valence-electron chi connectivity index (χ4n) is 3.11. The molecule has 5 nitrogen and oxygen atoms in total. The second-order valence-electron chi connectivity index (χ2n) is 7.03. The molecule has 0 radical (unpaired) electrons. The average Bonchev–Trinajstić information content (AvgIpc) is 2.81. The summed E-state index contributed by atoms with van der Waals surface area (Å²) in [5.41, 5.74) is 3.66. The van der Waals surface area contributed by atoms with Crippen molar-refractivity contribution in [3.05, 3.63) is 104 Å². The Hall–Kier alpha value is -3.21. The molecule has 0 unspecified atom stereocenters. The Kier molecular flexibility index (Phi) is 8.58. The van der Waals surface area contributed by atoms with Crippen molar-refractivity contribution < 1.29 is 14.3 Å². The van der Waals surface area contributed by atoms with E-state index in [1.54, 1.807) is 37.3 Å². The van der Waals surface area contributed by atoms with Crippen LogP contribution < -0.4 is 5.32 Å². The number of carbonyl (C=O) groups is 2. The molecule has 0 aliphatic heterocycles. The summed E-state index contributed by atoms with van der Waals surface area (Å²) in [7, 11) is 0. The zero-order valence-corrected chi connectivity index (χ0v) is 20.9. The molecular weight excluding hydrogens is 548 g/mol. The van der Waals surface area contributed by atoms with Gasteiger partial charge in [-0.15, -0.1) is 0 Å². The largest absolute Gasteiger partial charge is 0.462 e. The van der Waals surface area contributed by atoms with E-state index >= 15 is 0 Å². The molecule has 7 heteroatoms. The number of anilines is 1. The molecule has 3 rings (SSSR count). The van der Waals surface area contributed by atoms with E-state index in [9.17, 15) is 14.9 Å². The minimum Gasteiger partial charge on any atom is -0.462 e. The number of esters is 1. The summed E-state index contributed by atoms with van der Waals surface area (Å²) < 4.78 is 6.79. The van der Waals surface area contributed by atoms with E-state index in [0.29, 0.717) is 17.7 Å². The van der Waals surface area contributed by atoms with Crippen LogP contribution in [0.15, 0.2) is 81.2 Å². The zero-order valence-electron chi connectivity index (χ0n) is 17.8. The normalized spacial score (nSPS) is 10.9. The highest BCUT2D eigenvalue weighted by Crippen LogP contribution is 2.25. The molecule has 0 heterocycles. The molecule has 1 amide bonds. The molecule has 1 N–H and O–H groups in total. The van der Waals surface area contributed by atoms with Crippen LogP contribution in [0.2, 0.25) is 0 Å². The topological polar surface area (TPSA) is 79.2 Å². The third-order valence-corrected chi connectivity index (χ3v) is 6.03. The molecule has 0 fully saturated rings. The quantitative estimate of drug-likeness (QED) is 0.200. The number of ether oxygens (including phenoxy) is 1. The van der Waals surface area contributed by atoms with Crippen molar-refractivity contribution in [3.63, 3.8) is 0 Å². The summed E-state index contributed by atoms with van der Waals surface area (Å²) in [5, 5.41) is 12.3. The maximum absolute atomic E-state index is 12.8. The van der Waals surface area contributed by atoms with Gasteiger partial charge in [-0.2, -0.15) is 5.26 Å². The maximum Gasteiger partial charge on any atom is 0.338 e. The Labute approximate surface area is 209 Å². The highest BCUT2D eigenvalue weighted by atomic mass is 79.9. The van der Waals surface area contributed by atoms with Gasteiger partial charge in [-0.25, -0.2) is 4.79 Å². The van der Waals surface area contributed by atoms with E-state index in [1.807, 2.05) is 48.5 Å². The predicted molar refractivity (Wildman–Crippen MR) is 136 cm³/mol. The average molecular weight is 568 g/mol. The molecule has 166 valence electrons. The van der Waals surface area contributed by atoms with Crippen LogP contribution in [0.4, 0.5) is 5.69 Å². The SMILES string of the molecule is CCOC(=O)c1ccc(NC(=O)/C(C#N)=C/c2cc(Br)ccc2Cc2ccccc2Br)cc1. The first-order valence-corrected chi connectivity index (χ1v) is 11.7. The molecule has 0 saturated heterocycles. The van der Waals surface area contributed by atoms with Crippen molar-refractivity contribution in [2.24, 2.45) is 0 Å². The fraction of sp³-hybridized carbons (Fsp3) is 0.115. The fourth-order valence-corrected chi connectivity index (χ4v) is 3.92. The van der Waals surface area contributed by atoms with Crippen LogP contribution in [-0.2, 0) is 16.0 Å². The van der Waals surface area contributed by atoms with Gasteiger partial charge in [0.2, 0.25) is 0 Å². The van der Waals surface area contributed by atoms with Crippen molar-refractivity contribution in [2.45, 2.75) is 13.3 Å². The number of nitrogens with zero attached hydrogens (tertiary/aromatic N) is 1. The van der Waals surface area contributed by atoms with E-state index in [1.165, 1.54) is 0 Å². The number of amides is 1. The van der Waals surface area contributed by atoms with Crippen LogP contribution in [0.3, 0.4) is 0 Å². The van der Waals surface area contributed by atoms with Crippen LogP contribution in [0.1, 0.15) is 34.0 Å². The molecule has 33 heavy (non-hydrogen) atoms. The summed E-state index contributed by atoms with van der Waals surface area (Å²) >= 11 is 7.04. The maximum atomic E-state index is 12.8. The van der Waals surface area contributed by atoms with Gasteiger partial charge in [0.1, 0.15) is 11.6 Å². The first kappa shape index (κ1) is 24.4. The monoisotopic (exact) mass is 566 g/mol. The Morgan fingerprint density at radius 2 is 1.76 bits per heavy atom. The van der Waals surface area contributed by atoms with Crippen molar-refractivity contribution in [1.82, 2.24) is 0 Å². The van der Waals surface area contributed by atoms with E-state index in [2.05, 4.69) is 37.2 Å². The number of rotatable bonds is 7. The molecule has 0 bridgehead atoms. The Balaban J connectivity index is 1.83.